The quantitative estimate of drug-likeness (QED) is 0.677. The van der Waals surface area contributed by atoms with Gasteiger partial charge in [-0.1, -0.05) is 24.3 Å². The molecule has 0 saturated heterocycles. The fraction of sp³-hybridized carbons (Fsp3) is 0.435. The summed E-state index contributed by atoms with van der Waals surface area (Å²) in [5, 5.41) is 3.05. The van der Waals surface area contributed by atoms with Gasteiger partial charge in [0.1, 0.15) is 11.5 Å². The highest BCUT2D eigenvalue weighted by Gasteiger charge is 2.11. The molecule has 1 amide bonds. The minimum absolute atomic E-state index is 0.0249. The van der Waals surface area contributed by atoms with Gasteiger partial charge in [0, 0.05) is 25.6 Å². The van der Waals surface area contributed by atoms with Crippen LogP contribution in [-0.2, 0) is 24.3 Å². The Labute approximate surface area is 168 Å². The van der Waals surface area contributed by atoms with E-state index in [0.29, 0.717) is 25.4 Å². The fourth-order valence-corrected chi connectivity index (χ4v) is 2.94. The highest BCUT2D eigenvalue weighted by atomic mass is 16.5. The predicted molar refractivity (Wildman–Crippen MR) is 113 cm³/mol. The van der Waals surface area contributed by atoms with E-state index in [1.807, 2.05) is 30.3 Å². The maximum absolute atomic E-state index is 12.4. The van der Waals surface area contributed by atoms with Gasteiger partial charge in [-0.25, -0.2) is 0 Å². The van der Waals surface area contributed by atoms with Gasteiger partial charge in [0.25, 0.3) is 0 Å². The van der Waals surface area contributed by atoms with Crippen LogP contribution in [0.1, 0.15) is 37.0 Å². The van der Waals surface area contributed by atoms with Crippen LogP contribution in [0.3, 0.4) is 0 Å². The first kappa shape index (κ1) is 21.8. The van der Waals surface area contributed by atoms with Crippen molar-refractivity contribution in [1.82, 2.24) is 10.2 Å². The van der Waals surface area contributed by atoms with E-state index in [9.17, 15) is 4.79 Å². The van der Waals surface area contributed by atoms with Crippen molar-refractivity contribution in [2.45, 2.75) is 45.8 Å². The summed E-state index contributed by atoms with van der Waals surface area (Å²) in [6, 6.07) is 14.4. The van der Waals surface area contributed by atoms with Gasteiger partial charge >= 0.3 is 0 Å². The molecule has 0 heterocycles. The third-order valence-corrected chi connectivity index (χ3v) is 5.00. The van der Waals surface area contributed by atoms with E-state index >= 15 is 0 Å². The van der Waals surface area contributed by atoms with E-state index in [2.05, 4.69) is 43.2 Å². The van der Waals surface area contributed by atoms with Crippen LogP contribution in [0, 0.1) is 0 Å². The van der Waals surface area contributed by atoms with Gasteiger partial charge in [-0.3, -0.25) is 9.69 Å². The summed E-state index contributed by atoms with van der Waals surface area (Å²) in [6.45, 7) is 5.76. The summed E-state index contributed by atoms with van der Waals surface area (Å²) in [4.78, 5) is 14.7. The number of aryl methyl sites for hydroxylation is 1. The molecule has 0 atom stereocenters. The standard InChI is InChI=1S/C23H32N2O3/c1-17(2)25(3)16-20-9-7-6-8-19(20)15-24-23(26)13-10-18-14-21(27-4)11-12-22(18)28-5/h6-9,11-12,14,17H,10,13,15-16H2,1-5H3,(H,24,26). The van der Waals surface area contributed by atoms with E-state index in [1.165, 1.54) is 5.56 Å². The van der Waals surface area contributed by atoms with Gasteiger partial charge in [-0.05, 0) is 62.2 Å². The topological polar surface area (TPSA) is 50.8 Å². The van der Waals surface area contributed by atoms with Crippen molar-refractivity contribution in [1.29, 1.82) is 0 Å². The summed E-state index contributed by atoms with van der Waals surface area (Å²) in [5.74, 6) is 1.56. The average molecular weight is 385 g/mol. The average Bonchev–Trinajstić information content (AvgIpc) is 2.71. The Bertz CT molecular complexity index is 774. The molecule has 0 aliphatic heterocycles. The van der Waals surface area contributed by atoms with E-state index in [4.69, 9.17) is 9.47 Å². The first-order valence-electron chi connectivity index (χ1n) is 9.69. The van der Waals surface area contributed by atoms with Crippen molar-refractivity contribution in [3.63, 3.8) is 0 Å². The molecule has 0 saturated carbocycles. The number of hydrogen-bond acceptors (Lipinski definition) is 4. The molecule has 2 rings (SSSR count). The summed E-state index contributed by atoms with van der Waals surface area (Å²) in [6.07, 6.45) is 1.00. The molecule has 1 N–H and O–H groups in total. The number of nitrogens with zero attached hydrogens (tertiary/aromatic N) is 1. The number of carbonyl (C=O) groups is 1. The van der Waals surface area contributed by atoms with Crippen molar-refractivity contribution >= 4 is 5.91 Å². The molecule has 0 spiro atoms. The summed E-state index contributed by atoms with van der Waals surface area (Å²) >= 11 is 0. The first-order chi connectivity index (χ1) is 13.4. The third kappa shape index (κ3) is 6.27. The van der Waals surface area contributed by atoms with Gasteiger partial charge in [0.15, 0.2) is 0 Å². The summed E-state index contributed by atoms with van der Waals surface area (Å²) in [5.41, 5.74) is 3.37. The lowest BCUT2D eigenvalue weighted by Crippen LogP contribution is -2.27. The second-order valence-electron chi connectivity index (χ2n) is 7.23. The Morgan fingerprint density at radius 1 is 1.04 bits per heavy atom. The number of methoxy groups -OCH3 is 2. The second kappa shape index (κ2) is 10.7. The Balaban J connectivity index is 1.93. The predicted octanol–water partition coefficient (Wildman–Crippen LogP) is 3.79. The van der Waals surface area contributed by atoms with Gasteiger partial charge in [0.2, 0.25) is 5.91 Å². The molecule has 5 heteroatoms. The van der Waals surface area contributed by atoms with E-state index in [0.717, 1.165) is 29.2 Å². The number of rotatable bonds is 10. The zero-order chi connectivity index (χ0) is 20.5. The number of benzene rings is 2. The fourth-order valence-electron chi connectivity index (χ4n) is 2.94. The molecule has 2 aromatic rings. The summed E-state index contributed by atoms with van der Waals surface area (Å²) < 4.78 is 10.7. The van der Waals surface area contributed by atoms with Gasteiger partial charge in [0.05, 0.1) is 14.2 Å². The molecule has 0 radical (unpaired) electrons. The Hall–Kier alpha value is -2.53. The maximum Gasteiger partial charge on any atom is 0.220 e. The Kier molecular flexibility index (Phi) is 8.33. The number of nitrogens with one attached hydrogen (secondary N) is 1. The lowest BCUT2D eigenvalue weighted by Gasteiger charge is -2.22. The van der Waals surface area contributed by atoms with Crippen LogP contribution >= 0.6 is 0 Å². The van der Waals surface area contributed by atoms with E-state index in [-0.39, 0.29) is 5.91 Å². The highest BCUT2D eigenvalue weighted by molar-refractivity contribution is 5.76. The summed E-state index contributed by atoms with van der Waals surface area (Å²) in [7, 11) is 5.38. The van der Waals surface area contributed by atoms with Crippen LogP contribution in [0.5, 0.6) is 11.5 Å². The lowest BCUT2D eigenvalue weighted by atomic mass is 10.1. The maximum atomic E-state index is 12.4. The first-order valence-corrected chi connectivity index (χ1v) is 9.69. The molecular weight excluding hydrogens is 352 g/mol. The molecule has 28 heavy (non-hydrogen) atoms. The molecule has 152 valence electrons. The van der Waals surface area contributed by atoms with Crippen molar-refractivity contribution in [3.8, 4) is 11.5 Å². The van der Waals surface area contributed by atoms with Crippen molar-refractivity contribution in [2.75, 3.05) is 21.3 Å². The molecule has 0 fully saturated rings. The van der Waals surface area contributed by atoms with Gasteiger partial charge in [-0.15, -0.1) is 0 Å². The van der Waals surface area contributed by atoms with Crippen LogP contribution in [-0.4, -0.2) is 38.1 Å². The van der Waals surface area contributed by atoms with Crippen LogP contribution < -0.4 is 14.8 Å². The molecule has 0 unspecified atom stereocenters. The SMILES string of the molecule is COc1ccc(OC)c(CCC(=O)NCc2ccccc2CN(C)C(C)C)c1. The number of amides is 1. The van der Waals surface area contributed by atoms with Crippen molar-refractivity contribution in [2.24, 2.45) is 0 Å². The Morgan fingerprint density at radius 2 is 1.75 bits per heavy atom. The Morgan fingerprint density at radius 3 is 2.39 bits per heavy atom. The molecule has 2 aromatic carbocycles. The normalized spacial score (nSPS) is 11.0. The molecule has 0 aromatic heterocycles. The largest absolute Gasteiger partial charge is 0.497 e. The van der Waals surface area contributed by atoms with Crippen molar-refractivity contribution in [3.05, 3.63) is 59.2 Å². The van der Waals surface area contributed by atoms with E-state index in [1.54, 1.807) is 14.2 Å². The van der Waals surface area contributed by atoms with Gasteiger partial charge < -0.3 is 14.8 Å². The molecule has 0 aliphatic carbocycles. The van der Waals surface area contributed by atoms with E-state index < -0.39 is 0 Å². The monoisotopic (exact) mass is 384 g/mol. The molecule has 0 bridgehead atoms. The highest BCUT2D eigenvalue weighted by Crippen LogP contribution is 2.25. The molecule has 0 aliphatic rings. The zero-order valence-electron chi connectivity index (χ0n) is 17.6. The third-order valence-electron chi connectivity index (χ3n) is 5.00. The number of ether oxygens (including phenoxy) is 2. The zero-order valence-corrected chi connectivity index (χ0v) is 17.6. The van der Waals surface area contributed by atoms with Gasteiger partial charge in [-0.2, -0.15) is 0 Å². The minimum Gasteiger partial charge on any atom is -0.497 e. The van der Waals surface area contributed by atoms with Crippen LogP contribution in [0.25, 0.3) is 0 Å². The second-order valence-corrected chi connectivity index (χ2v) is 7.23. The van der Waals surface area contributed by atoms with Crippen LogP contribution in [0.4, 0.5) is 0 Å². The lowest BCUT2D eigenvalue weighted by molar-refractivity contribution is -0.121. The number of carbonyl (C=O) groups excluding carboxylic acids is 1. The minimum atomic E-state index is 0.0249. The molecular formula is C23H32N2O3. The van der Waals surface area contributed by atoms with Crippen LogP contribution in [0.2, 0.25) is 0 Å². The van der Waals surface area contributed by atoms with Crippen molar-refractivity contribution < 1.29 is 14.3 Å². The smallest absolute Gasteiger partial charge is 0.220 e. The number of hydrogen-bond donors (Lipinski definition) is 1. The molecule has 5 nitrogen and oxygen atoms in total. The van der Waals surface area contributed by atoms with Crippen LogP contribution in [0.15, 0.2) is 42.5 Å².